The smallest absolute Gasteiger partial charge is 0.238 e. The molecule has 4 aromatic heterocycles. The summed E-state index contributed by atoms with van der Waals surface area (Å²) < 4.78 is 9.48. The highest BCUT2D eigenvalue weighted by molar-refractivity contribution is 7.14. The molecule has 0 fully saturated rings. The summed E-state index contributed by atoms with van der Waals surface area (Å²) in [5.74, 6) is 1.61. The lowest BCUT2D eigenvalue weighted by molar-refractivity contribution is 0.396. The Morgan fingerprint density at radius 2 is 2.10 bits per heavy atom. The summed E-state index contributed by atoms with van der Waals surface area (Å²) in [5.41, 5.74) is 5.91. The van der Waals surface area contributed by atoms with E-state index in [4.69, 9.17) is 14.8 Å². The third-order valence-corrected chi connectivity index (χ3v) is 6.05. The van der Waals surface area contributed by atoms with Crippen LogP contribution >= 0.6 is 11.3 Å². The first-order valence-corrected chi connectivity index (χ1v) is 10.9. The highest BCUT2D eigenvalue weighted by atomic mass is 32.1. The van der Waals surface area contributed by atoms with Crippen LogP contribution in [0.25, 0.3) is 17.1 Å². The van der Waals surface area contributed by atoms with Crippen LogP contribution in [0.1, 0.15) is 30.3 Å². The minimum absolute atomic E-state index is 0.536. The molecule has 1 aliphatic carbocycles. The number of hydrogen-bond donors (Lipinski definition) is 1. The number of anilines is 2. The molecule has 1 N–H and O–H groups in total. The molecule has 0 saturated heterocycles. The summed E-state index contributed by atoms with van der Waals surface area (Å²) in [4.78, 5) is 13.7. The van der Waals surface area contributed by atoms with Gasteiger partial charge in [-0.3, -0.25) is 0 Å². The lowest BCUT2D eigenvalue weighted by Gasteiger charge is -2.09. The molecule has 9 heteroatoms. The van der Waals surface area contributed by atoms with E-state index in [1.54, 1.807) is 24.8 Å². The van der Waals surface area contributed by atoms with Gasteiger partial charge in [0.05, 0.1) is 30.5 Å². The molecular formula is C21H23N7OS. The third kappa shape index (κ3) is 3.24. The zero-order chi connectivity index (χ0) is 20.7. The standard InChI is InChI=1S/C21H23N7OS/c1-4-28-19(14-6-5-7-15(14)26-28)25-21-24-17(11-30-21)16-8-9-18(20(23-16)29-3)27-10-13(2)22-12-27/h8-12H,4-7H2,1-3H3,(H,24,25). The SMILES string of the molecule is CCn1nc2c(c1Nc1nc(-c3ccc(-n4cnc(C)c4)c(OC)n3)cs1)CCC2. The number of nitrogens with one attached hydrogen (secondary N) is 1. The molecule has 5 rings (SSSR count). The van der Waals surface area contributed by atoms with Crippen LogP contribution in [-0.2, 0) is 19.4 Å². The summed E-state index contributed by atoms with van der Waals surface area (Å²) >= 11 is 1.57. The van der Waals surface area contributed by atoms with Crippen molar-refractivity contribution in [1.82, 2.24) is 29.3 Å². The Morgan fingerprint density at radius 1 is 1.20 bits per heavy atom. The summed E-state index contributed by atoms with van der Waals surface area (Å²) in [6, 6.07) is 3.94. The van der Waals surface area contributed by atoms with Crippen molar-refractivity contribution in [2.75, 3.05) is 12.4 Å². The molecule has 0 amide bonds. The number of rotatable bonds is 6. The van der Waals surface area contributed by atoms with E-state index >= 15 is 0 Å². The van der Waals surface area contributed by atoms with Crippen molar-refractivity contribution in [3.05, 3.63) is 47.0 Å². The van der Waals surface area contributed by atoms with E-state index in [9.17, 15) is 0 Å². The second kappa shape index (κ2) is 7.56. The number of aryl methyl sites for hydroxylation is 3. The van der Waals surface area contributed by atoms with Crippen LogP contribution in [0.4, 0.5) is 10.9 Å². The fourth-order valence-electron chi connectivity index (χ4n) is 3.84. The largest absolute Gasteiger partial charge is 0.479 e. The third-order valence-electron chi connectivity index (χ3n) is 5.29. The molecule has 4 heterocycles. The summed E-state index contributed by atoms with van der Waals surface area (Å²) in [5, 5.41) is 11.1. The van der Waals surface area contributed by atoms with Crippen molar-refractivity contribution >= 4 is 22.3 Å². The van der Waals surface area contributed by atoms with Crippen LogP contribution in [0.3, 0.4) is 0 Å². The number of fused-ring (bicyclic) bond motifs is 1. The van der Waals surface area contributed by atoms with Crippen molar-refractivity contribution in [2.45, 2.75) is 39.7 Å². The summed E-state index contributed by atoms with van der Waals surface area (Å²) in [6.07, 6.45) is 7.01. The number of pyridine rings is 1. The molecule has 1 aliphatic rings. The first kappa shape index (κ1) is 18.8. The van der Waals surface area contributed by atoms with Gasteiger partial charge in [0.1, 0.15) is 17.2 Å². The highest BCUT2D eigenvalue weighted by Gasteiger charge is 2.22. The Balaban J connectivity index is 1.43. The van der Waals surface area contributed by atoms with Gasteiger partial charge in [0, 0.05) is 23.7 Å². The first-order valence-electron chi connectivity index (χ1n) is 10.0. The molecule has 0 bridgehead atoms. The van der Waals surface area contributed by atoms with E-state index in [1.165, 1.54) is 17.7 Å². The molecule has 154 valence electrons. The molecule has 0 unspecified atom stereocenters. The normalized spacial score (nSPS) is 12.9. The molecule has 0 aliphatic heterocycles. The minimum Gasteiger partial charge on any atom is -0.479 e. The monoisotopic (exact) mass is 421 g/mol. The van der Waals surface area contributed by atoms with E-state index in [1.807, 2.05) is 39.9 Å². The van der Waals surface area contributed by atoms with Crippen LogP contribution in [0.15, 0.2) is 30.0 Å². The Hall–Kier alpha value is -3.20. The molecule has 0 radical (unpaired) electrons. The highest BCUT2D eigenvalue weighted by Crippen LogP contribution is 2.33. The molecule has 0 aromatic carbocycles. The van der Waals surface area contributed by atoms with Crippen molar-refractivity contribution in [3.8, 4) is 23.0 Å². The zero-order valence-corrected chi connectivity index (χ0v) is 18.0. The van der Waals surface area contributed by atoms with E-state index in [0.717, 1.165) is 53.1 Å². The van der Waals surface area contributed by atoms with Crippen molar-refractivity contribution < 1.29 is 4.74 Å². The van der Waals surface area contributed by atoms with Crippen LogP contribution < -0.4 is 10.1 Å². The number of hydrogen-bond acceptors (Lipinski definition) is 7. The summed E-state index contributed by atoms with van der Waals surface area (Å²) in [6.45, 7) is 4.90. The topological polar surface area (TPSA) is 82.7 Å². The van der Waals surface area contributed by atoms with Crippen LogP contribution in [0, 0.1) is 6.92 Å². The van der Waals surface area contributed by atoms with Gasteiger partial charge in [-0.1, -0.05) is 0 Å². The van der Waals surface area contributed by atoms with Gasteiger partial charge in [-0.15, -0.1) is 11.3 Å². The van der Waals surface area contributed by atoms with E-state index in [-0.39, 0.29) is 0 Å². The second-order valence-corrected chi connectivity index (χ2v) is 8.11. The number of imidazole rings is 1. The van der Waals surface area contributed by atoms with E-state index in [0.29, 0.717) is 5.88 Å². The quantitative estimate of drug-likeness (QED) is 0.503. The van der Waals surface area contributed by atoms with E-state index < -0.39 is 0 Å². The predicted molar refractivity (Wildman–Crippen MR) is 117 cm³/mol. The molecular weight excluding hydrogens is 398 g/mol. The van der Waals surface area contributed by atoms with Gasteiger partial charge in [0.2, 0.25) is 5.88 Å². The Kier molecular flexibility index (Phi) is 4.74. The van der Waals surface area contributed by atoms with Crippen LogP contribution in [0.2, 0.25) is 0 Å². The number of thiazole rings is 1. The zero-order valence-electron chi connectivity index (χ0n) is 17.2. The first-order chi connectivity index (χ1) is 14.7. The molecule has 30 heavy (non-hydrogen) atoms. The Morgan fingerprint density at radius 3 is 2.87 bits per heavy atom. The average molecular weight is 422 g/mol. The van der Waals surface area contributed by atoms with Gasteiger partial charge in [0.25, 0.3) is 0 Å². The number of nitrogens with zero attached hydrogens (tertiary/aromatic N) is 6. The van der Waals surface area contributed by atoms with Gasteiger partial charge in [-0.25, -0.2) is 19.6 Å². The second-order valence-electron chi connectivity index (χ2n) is 7.25. The molecule has 8 nitrogen and oxygen atoms in total. The molecule has 4 aromatic rings. The molecule has 0 atom stereocenters. The van der Waals surface area contributed by atoms with Gasteiger partial charge in [0.15, 0.2) is 5.13 Å². The summed E-state index contributed by atoms with van der Waals surface area (Å²) in [7, 11) is 1.62. The number of ether oxygens (including phenoxy) is 1. The fourth-order valence-corrected chi connectivity index (χ4v) is 4.54. The average Bonchev–Trinajstić information content (AvgIpc) is 3.53. The van der Waals surface area contributed by atoms with Gasteiger partial charge < -0.3 is 14.6 Å². The van der Waals surface area contributed by atoms with Crippen molar-refractivity contribution in [3.63, 3.8) is 0 Å². The molecule has 0 saturated carbocycles. The molecule has 0 spiro atoms. The lowest BCUT2D eigenvalue weighted by atomic mass is 10.2. The van der Waals surface area contributed by atoms with Crippen LogP contribution in [-0.4, -0.2) is 36.4 Å². The van der Waals surface area contributed by atoms with Crippen molar-refractivity contribution in [2.24, 2.45) is 0 Å². The minimum atomic E-state index is 0.536. The van der Waals surface area contributed by atoms with Gasteiger partial charge in [-0.2, -0.15) is 5.10 Å². The predicted octanol–water partition coefficient (Wildman–Crippen LogP) is 4.16. The lowest BCUT2D eigenvalue weighted by Crippen LogP contribution is -2.04. The van der Waals surface area contributed by atoms with Crippen LogP contribution in [0.5, 0.6) is 5.88 Å². The maximum absolute atomic E-state index is 5.53. The van der Waals surface area contributed by atoms with E-state index in [2.05, 4.69) is 22.2 Å². The van der Waals surface area contributed by atoms with Gasteiger partial charge >= 0.3 is 0 Å². The number of methoxy groups -OCH3 is 1. The Labute approximate surface area is 178 Å². The van der Waals surface area contributed by atoms with Crippen molar-refractivity contribution in [1.29, 1.82) is 0 Å². The maximum atomic E-state index is 5.53. The number of aromatic nitrogens is 6. The Bertz CT molecular complexity index is 1210. The van der Waals surface area contributed by atoms with Gasteiger partial charge in [-0.05, 0) is 45.2 Å². The fraction of sp³-hybridized carbons (Fsp3) is 0.333. The maximum Gasteiger partial charge on any atom is 0.238 e.